The van der Waals surface area contributed by atoms with Crippen LogP contribution < -0.4 is 0 Å². The molecule has 0 aliphatic rings. The highest BCUT2D eigenvalue weighted by Gasteiger charge is 2.35. The summed E-state index contributed by atoms with van der Waals surface area (Å²) in [6.45, 7) is 2.49. The Morgan fingerprint density at radius 3 is 2.00 bits per heavy atom. The van der Waals surface area contributed by atoms with Crippen LogP contribution in [0.25, 0.3) is 0 Å². The second-order valence-corrected chi connectivity index (χ2v) is 2.13. The second-order valence-electron chi connectivity index (χ2n) is 2.13. The number of hydrogen-bond donors (Lipinski definition) is 0. The zero-order chi connectivity index (χ0) is 7.49. The quantitative estimate of drug-likeness (QED) is 0.565. The summed E-state index contributed by atoms with van der Waals surface area (Å²) in [7, 11) is 0. The summed E-state index contributed by atoms with van der Waals surface area (Å²) < 4.78 is 36.3. The fraction of sp³-hybridized carbons (Fsp3) is 1.00. The van der Waals surface area contributed by atoms with Gasteiger partial charge in [-0.25, -0.2) is 13.2 Å². The van der Waals surface area contributed by atoms with Crippen LogP contribution in [-0.2, 0) is 0 Å². The zero-order valence-electron chi connectivity index (χ0n) is 5.63. The third-order valence-electron chi connectivity index (χ3n) is 1.17. The van der Waals surface area contributed by atoms with Gasteiger partial charge in [0.15, 0.2) is 6.17 Å². The van der Waals surface area contributed by atoms with Crippen LogP contribution in [0.3, 0.4) is 0 Å². The molecule has 0 fully saturated rings. The molecule has 0 rings (SSSR count). The Morgan fingerprint density at radius 2 is 1.89 bits per heavy atom. The van der Waals surface area contributed by atoms with Gasteiger partial charge in [-0.2, -0.15) is 0 Å². The van der Waals surface area contributed by atoms with E-state index in [4.69, 9.17) is 0 Å². The number of halogens is 3. The van der Waals surface area contributed by atoms with Gasteiger partial charge < -0.3 is 0 Å². The van der Waals surface area contributed by atoms with E-state index in [1.54, 1.807) is 6.92 Å². The van der Waals surface area contributed by atoms with Crippen molar-refractivity contribution < 1.29 is 13.2 Å². The molecular formula is C6H11F3. The van der Waals surface area contributed by atoms with Crippen molar-refractivity contribution in [3.63, 3.8) is 0 Å². The molecule has 0 bridgehead atoms. The zero-order valence-corrected chi connectivity index (χ0v) is 5.63. The highest BCUT2D eigenvalue weighted by atomic mass is 19.3. The molecule has 0 aliphatic heterocycles. The van der Waals surface area contributed by atoms with Gasteiger partial charge in [0.1, 0.15) is 0 Å². The average molecular weight is 140 g/mol. The molecule has 0 aliphatic carbocycles. The molecule has 0 heterocycles. The average Bonchev–Trinajstić information content (AvgIpc) is 1.65. The maximum atomic E-state index is 12.2. The smallest absolute Gasteiger partial charge is 0.241 e. The predicted octanol–water partition coefficient (Wildman–Crippen LogP) is 2.78. The molecule has 0 nitrogen and oxygen atoms in total. The van der Waals surface area contributed by atoms with Crippen LogP contribution >= 0.6 is 0 Å². The third kappa shape index (κ3) is 2.72. The molecule has 56 valence electrons. The van der Waals surface area contributed by atoms with E-state index >= 15 is 0 Å². The van der Waals surface area contributed by atoms with Gasteiger partial charge in [0.05, 0.1) is 0 Å². The van der Waals surface area contributed by atoms with Gasteiger partial charge in [-0.3, -0.25) is 0 Å². The van der Waals surface area contributed by atoms with Crippen LogP contribution in [0, 0.1) is 0 Å². The third-order valence-corrected chi connectivity index (χ3v) is 1.17. The number of alkyl halides is 3. The maximum absolute atomic E-state index is 12.2. The first kappa shape index (κ1) is 8.79. The lowest BCUT2D eigenvalue weighted by atomic mass is 10.1. The number of rotatable bonds is 3. The molecule has 0 aromatic rings. The Hall–Kier alpha value is -0.210. The van der Waals surface area contributed by atoms with Gasteiger partial charge >= 0.3 is 0 Å². The van der Waals surface area contributed by atoms with E-state index in [9.17, 15) is 13.2 Å². The highest BCUT2D eigenvalue weighted by molar-refractivity contribution is 4.71. The van der Waals surface area contributed by atoms with Crippen molar-refractivity contribution in [2.24, 2.45) is 0 Å². The first-order valence-electron chi connectivity index (χ1n) is 3.02. The van der Waals surface area contributed by atoms with Crippen molar-refractivity contribution in [3.05, 3.63) is 0 Å². The van der Waals surface area contributed by atoms with Gasteiger partial charge in [0.2, 0.25) is 0 Å². The lowest BCUT2D eigenvalue weighted by Crippen LogP contribution is -2.26. The van der Waals surface area contributed by atoms with E-state index in [1.807, 2.05) is 0 Å². The summed E-state index contributed by atoms with van der Waals surface area (Å²) in [5.41, 5.74) is 0. The van der Waals surface area contributed by atoms with E-state index in [0.717, 1.165) is 6.92 Å². The molecule has 1 unspecified atom stereocenters. The normalized spacial score (nSPS) is 15.7. The molecule has 3 heteroatoms. The van der Waals surface area contributed by atoms with E-state index in [1.165, 1.54) is 0 Å². The Morgan fingerprint density at radius 1 is 1.44 bits per heavy atom. The maximum Gasteiger partial charge on any atom is 0.278 e. The summed E-state index contributed by atoms with van der Waals surface area (Å²) in [6.07, 6.45) is -2.05. The van der Waals surface area contributed by atoms with Crippen LogP contribution in [0.2, 0.25) is 0 Å². The molecule has 0 saturated heterocycles. The van der Waals surface area contributed by atoms with Gasteiger partial charge in [-0.1, -0.05) is 13.3 Å². The van der Waals surface area contributed by atoms with Crippen molar-refractivity contribution in [1.29, 1.82) is 0 Å². The lowest BCUT2D eigenvalue weighted by Gasteiger charge is -2.15. The molecule has 1 atom stereocenters. The fourth-order valence-corrected chi connectivity index (χ4v) is 0.532. The van der Waals surface area contributed by atoms with E-state index < -0.39 is 12.1 Å². The minimum absolute atomic E-state index is 0.321. The molecule has 0 aromatic heterocycles. The van der Waals surface area contributed by atoms with Gasteiger partial charge in [0, 0.05) is 6.42 Å². The Balaban J connectivity index is 3.70. The molecule has 0 aromatic carbocycles. The predicted molar refractivity (Wildman–Crippen MR) is 30.4 cm³/mol. The first-order chi connectivity index (χ1) is 4.00. The first-order valence-corrected chi connectivity index (χ1v) is 3.02. The Kier molecular flexibility index (Phi) is 3.01. The van der Waals surface area contributed by atoms with Crippen LogP contribution in [0.15, 0.2) is 0 Å². The molecule has 0 saturated carbocycles. The standard InChI is InChI=1S/C6H11F3/c1-3-4-6(8,9)5(2)7/h5H,3-4H2,1-2H3. The molecule has 0 amide bonds. The van der Waals surface area contributed by atoms with Crippen molar-refractivity contribution in [2.45, 2.75) is 38.8 Å². The van der Waals surface area contributed by atoms with Gasteiger partial charge in [-0.05, 0) is 6.92 Å². The summed E-state index contributed by atoms with van der Waals surface area (Å²) in [6, 6.07) is 0. The Bertz CT molecular complexity index is 78.4. The minimum Gasteiger partial charge on any atom is -0.241 e. The summed E-state index contributed by atoms with van der Waals surface area (Å²) in [5.74, 6) is -3.12. The lowest BCUT2D eigenvalue weighted by molar-refractivity contribution is -0.0714. The number of hydrogen-bond acceptors (Lipinski definition) is 0. The molecular weight excluding hydrogens is 129 g/mol. The Labute approximate surface area is 53.1 Å². The molecule has 9 heavy (non-hydrogen) atoms. The van der Waals surface area contributed by atoms with E-state index in [2.05, 4.69) is 0 Å². The summed E-state index contributed by atoms with van der Waals surface area (Å²) in [4.78, 5) is 0. The van der Waals surface area contributed by atoms with E-state index in [0.29, 0.717) is 6.42 Å². The highest BCUT2D eigenvalue weighted by Crippen LogP contribution is 2.26. The molecule has 0 radical (unpaired) electrons. The van der Waals surface area contributed by atoms with Gasteiger partial charge in [0.25, 0.3) is 5.92 Å². The van der Waals surface area contributed by atoms with Crippen LogP contribution in [-0.4, -0.2) is 12.1 Å². The van der Waals surface area contributed by atoms with E-state index in [-0.39, 0.29) is 6.42 Å². The monoisotopic (exact) mass is 140 g/mol. The fourth-order valence-electron chi connectivity index (χ4n) is 0.532. The molecule has 0 spiro atoms. The van der Waals surface area contributed by atoms with Gasteiger partial charge in [-0.15, -0.1) is 0 Å². The largest absolute Gasteiger partial charge is 0.278 e. The second kappa shape index (κ2) is 3.08. The topological polar surface area (TPSA) is 0 Å². The van der Waals surface area contributed by atoms with Crippen LogP contribution in [0.1, 0.15) is 26.7 Å². The summed E-state index contributed by atoms with van der Waals surface area (Å²) in [5, 5.41) is 0. The minimum atomic E-state index is -3.12. The van der Waals surface area contributed by atoms with Crippen LogP contribution in [0.4, 0.5) is 13.2 Å². The van der Waals surface area contributed by atoms with Crippen molar-refractivity contribution in [2.75, 3.05) is 0 Å². The summed E-state index contributed by atoms with van der Waals surface area (Å²) >= 11 is 0. The van der Waals surface area contributed by atoms with Crippen molar-refractivity contribution in [3.8, 4) is 0 Å². The SMILES string of the molecule is CCCC(F)(F)C(C)F. The van der Waals surface area contributed by atoms with Crippen molar-refractivity contribution in [1.82, 2.24) is 0 Å². The van der Waals surface area contributed by atoms with Crippen molar-refractivity contribution >= 4 is 0 Å². The van der Waals surface area contributed by atoms with Crippen LogP contribution in [0.5, 0.6) is 0 Å². The molecule has 0 N–H and O–H groups in total.